The lowest BCUT2D eigenvalue weighted by Gasteiger charge is -2.20. The van der Waals surface area contributed by atoms with Crippen molar-refractivity contribution in [1.29, 1.82) is 0 Å². The van der Waals surface area contributed by atoms with E-state index >= 15 is 0 Å². The number of halogens is 5. The molecule has 32 heavy (non-hydrogen) atoms. The zero-order valence-corrected chi connectivity index (χ0v) is 16.2. The number of carbonyl (C=O) groups excluding carboxylic acids is 2. The van der Waals surface area contributed by atoms with Gasteiger partial charge in [0.1, 0.15) is 24.8 Å². The maximum Gasteiger partial charge on any atom is 0.430 e. The minimum Gasteiger partial charge on any atom is -0.542 e. The second-order valence-corrected chi connectivity index (χ2v) is 6.11. The number of rotatable bonds is 6. The van der Waals surface area contributed by atoms with Gasteiger partial charge in [-0.15, -0.1) is 0 Å². The summed E-state index contributed by atoms with van der Waals surface area (Å²) in [5.41, 5.74) is 4.66. The van der Waals surface area contributed by atoms with Crippen molar-refractivity contribution in [1.82, 2.24) is 4.90 Å². The average molecular weight is 464 g/mol. The number of ether oxygens (including phenoxy) is 1. The molecule has 0 aliphatic heterocycles. The van der Waals surface area contributed by atoms with Crippen molar-refractivity contribution in [3.05, 3.63) is 65.2 Å². The summed E-state index contributed by atoms with van der Waals surface area (Å²) < 4.78 is 63.2. The number of amides is 1. The molecule has 0 heterocycles. The van der Waals surface area contributed by atoms with Crippen LogP contribution in [0.2, 0.25) is 0 Å². The van der Waals surface area contributed by atoms with E-state index in [1.54, 1.807) is 30.3 Å². The minimum absolute atomic E-state index is 0.0369. The number of hydrogen-bond acceptors (Lipinski definition) is 5. The van der Waals surface area contributed by atoms with Gasteiger partial charge in [-0.25, -0.2) is 13.6 Å². The first-order valence-electron chi connectivity index (χ1n) is 8.56. The number of quaternary nitrogens is 1. The number of aliphatic carboxylic acids is 2. The van der Waals surface area contributed by atoms with E-state index in [0.29, 0.717) is 0 Å². The van der Waals surface area contributed by atoms with Crippen LogP contribution in [0.15, 0.2) is 42.5 Å². The topological polar surface area (TPSA) is 135 Å². The van der Waals surface area contributed by atoms with Gasteiger partial charge in [0.05, 0.1) is 6.54 Å². The molecule has 8 nitrogen and oxygen atoms in total. The molecule has 0 saturated heterocycles. The average Bonchev–Trinajstić information content (AvgIpc) is 2.69. The molecule has 2 rings (SSSR count). The molecule has 13 heteroatoms. The molecule has 2 aromatic rings. The van der Waals surface area contributed by atoms with Crippen LogP contribution in [0.1, 0.15) is 11.1 Å². The van der Waals surface area contributed by atoms with E-state index in [4.69, 9.17) is 19.7 Å². The first-order chi connectivity index (χ1) is 14.8. The quantitative estimate of drug-likeness (QED) is 0.620. The highest BCUT2D eigenvalue weighted by Gasteiger charge is 2.28. The molecular weight excluding hydrogens is 447 g/mol. The minimum atomic E-state index is -5.19. The zero-order valence-electron chi connectivity index (χ0n) is 16.2. The van der Waals surface area contributed by atoms with Crippen LogP contribution >= 0.6 is 0 Å². The summed E-state index contributed by atoms with van der Waals surface area (Å²) in [7, 11) is 0. The van der Waals surface area contributed by atoms with Crippen molar-refractivity contribution in [3.8, 4) is 0 Å². The molecule has 2 aromatic carbocycles. The molecule has 0 unspecified atom stereocenters. The number of hydrogen-bond donors (Lipinski definition) is 2. The molecule has 0 atom stereocenters. The zero-order chi connectivity index (χ0) is 24.5. The van der Waals surface area contributed by atoms with Crippen LogP contribution in [0.4, 0.5) is 32.4 Å². The molecule has 174 valence electrons. The van der Waals surface area contributed by atoms with Crippen LogP contribution < -0.4 is 10.8 Å². The Hall–Kier alpha value is -3.74. The molecule has 0 aromatic heterocycles. The number of carboxylic acid groups (broad SMARTS) is 2. The third-order valence-corrected chi connectivity index (χ3v) is 3.62. The molecule has 0 radical (unpaired) electrons. The van der Waals surface area contributed by atoms with Gasteiger partial charge in [-0.3, -0.25) is 9.69 Å². The molecular formula is C19H17F5N2O6. The second kappa shape index (κ2) is 11.6. The normalized spacial score (nSPS) is 10.6. The number of alkyl halides is 3. The van der Waals surface area contributed by atoms with Gasteiger partial charge >= 0.3 is 18.2 Å². The molecule has 0 fully saturated rings. The summed E-state index contributed by atoms with van der Waals surface area (Å²) in [6.07, 6.45) is -6.07. The molecule has 4 N–H and O–H groups in total. The summed E-state index contributed by atoms with van der Waals surface area (Å²) in [4.78, 5) is 32.8. The monoisotopic (exact) mass is 464 g/mol. The Labute approximate surface area is 177 Å². The van der Waals surface area contributed by atoms with Crippen LogP contribution in [0.5, 0.6) is 0 Å². The Bertz CT molecular complexity index is 953. The fourth-order valence-electron chi connectivity index (χ4n) is 2.14. The third kappa shape index (κ3) is 8.95. The fraction of sp³-hybridized carbons (Fsp3) is 0.211. The van der Waals surface area contributed by atoms with Crippen LogP contribution in [0.3, 0.4) is 0 Å². The van der Waals surface area contributed by atoms with Gasteiger partial charge in [-0.1, -0.05) is 30.3 Å². The van der Waals surface area contributed by atoms with Gasteiger partial charge in [-0.2, -0.15) is 13.2 Å². The number of benzene rings is 2. The Kier molecular flexibility index (Phi) is 9.53. The predicted molar refractivity (Wildman–Crippen MR) is 94.6 cm³/mol. The molecule has 1 amide bonds. The lowest BCUT2D eigenvalue weighted by atomic mass is 10.1. The van der Waals surface area contributed by atoms with Crippen molar-refractivity contribution in [3.63, 3.8) is 0 Å². The Balaban J connectivity index is 0.000000633. The van der Waals surface area contributed by atoms with Gasteiger partial charge in [0, 0.05) is 11.6 Å². The van der Waals surface area contributed by atoms with Crippen LogP contribution in [0.25, 0.3) is 0 Å². The van der Waals surface area contributed by atoms with Crippen molar-refractivity contribution >= 4 is 23.7 Å². The van der Waals surface area contributed by atoms with Gasteiger partial charge in [0.15, 0.2) is 11.6 Å². The highest BCUT2D eigenvalue weighted by molar-refractivity contribution is 5.76. The first-order valence-corrected chi connectivity index (χ1v) is 8.56. The predicted octanol–water partition coefficient (Wildman–Crippen LogP) is 1.36. The van der Waals surface area contributed by atoms with E-state index in [1.165, 1.54) is 0 Å². The maximum absolute atomic E-state index is 13.4. The lowest BCUT2D eigenvalue weighted by molar-refractivity contribution is -0.344. The van der Waals surface area contributed by atoms with Crippen molar-refractivity contribution in [2.75, 3.05) is 6.54 Å². The van der Waals surface area contributed by atoms with Crippen LogP contribution in [-0.4, -0.2) is 40.8 Å². The SMILES string of the molecule is O=C([O-])C(F)(F)F.[NH3+]c1cc(F)c(F)cc1CN(CC(=O)O)C(=O)OCc1ccccc1. The largest absolute Gasteiger partial charge is 0.542 e. The van der Waals surface area contributed by atoms with E-state index < -0.39 is 42.4 Å². The highest BCUT2D eigenvalue weighted by Crippen LogP contribution is 2.18. The third-order valence-electron chi connectivity index (χ3n) is 3.62. The van der Waals surface area contributed by atoms with E-state index in [9.17, 15) is 31.5 Å². The standard InChI is InChI=1S/C17H16F2N2O4.C2HF3O2/c18-13-6-12(15(20)7-14(13)19)8-21(9-16(22)23)17(24)25-10-11-4-2-1-3-5-11;3-2(4,5)1(6)7/h1-7H,8-10,20H2,(H,22,23);(H,6,7). The van der Waals surface area contributed by atoms with Gasteiger partial charge in [-0.05, 0) is 11.6 Å². The Morgan fingerprint density at radius 3 is 2.09 bits per heavy atom. The maximum atomic E-state index is 13.4. The summed E-state index contributed by atoms with van der Waals surface area (Å²) in [6, 6.07) is 10.6. The van der Waals surface area contributed by atoms with Crippen molar-refractivity contribution in [2.24, 2.45) is 0 Å². The Morgan fingerprint density at radius 2 is 1.59 bits per heavy atom. The molecule has 0 spiro atoms. The second-order valence-electron chi connectivity index (χ2n) is 6.11. The van der Waals surface area contributed by atoms with Gasteiger partial charge in [0.25, 0.3) is 0 Å². The first kappa shape index (κ1) is 26.3. The van der Waals surface area contributed by atoms with E-state index in [0.717, 1.165) is 22.6 Å². The fourth-order valence-corrected chi connectivity index (χ4v) is 2.14. The van der Waals surface area contributed by atoms with Crippen LogP contribution in [0, 0.1) is 11.6 Å². The number of carboxylic acids is 2. The lowest BCUT2D eigenvalue weighted by Crippen LogP contribution is -2.43. The smallest absolute Gasteiger partial charge is 0.430 e. The van der Waals surface area contributed by atoms with Crippen LogP contribution in [-0.2, 0) is 27.5 Å². The summed E-state index contributed by atoms with van der Waals surface area (Å²) in [6.45, 7) is -0.952. The summed E-state index contributed by atoms with van der Waals surface area (Å²) in [5.74, 6) is -6.43. The van der Waals surface area contributed by atoms with Gasteiger partial charge in [0.2, 0.25) is 0 Å². The van der Waals surface area contributed by atoms with E-state index in [-0.39, 0.29) is 24.4 Å². The summed E-state index contributed by atoms with van der Waals surface area (Å²) in [5, 5.41) is 17.7. The highest BCUT2D eigenvalue weighted by atomic mass is 19.4. The molecule has 0 aliphatic rings. The van der Waals surface area contributed by atoms with Crippen molar-refractivity contribution < 1.29 is 57.0 Å². The molecule has 0 bridgehead atoms. The molecule has 0 aliphatic carbocycles. The van der Waals surface area contributed by atoms with E-state index in [1.807, 2.05) is 0 Å². The van der Waals surface area contributed by atoms with E-state index in [2.05, 4.69) is 5.73 Å². The summed E-state index contributed by atoms with van der Waals surface area (Å²) >= 11 is 0. The Morgan fingerprint density at radius 1 is 1.06 bits per heavy atom. The molecule has 0 saturated carbocycles. The number of carbonyl (C=O) groups is 3. The number of nitrogens with zero attached hydrogens (tertiary/aromatic N) is 1. The van der Waals surface area contributed by atoms with Gasteiger partial charge < -0.3 is 25.5 Å². The van der Waals surface area contributed by atoms with Crippen molar-refractivity contribution in [2.45, 2.75) is 19.3 Å².